The van der Waals surface area contributed by atoms with Crippen LogP contribution in [0.15, 0.2) is 36.4 Å². The minimum Gasteiger partial charge on any atom is -0.468 e. The first-order valence-corrected chi connectivity index (χ1v) is 14.1. The Morgan fingerprint density at radius 3 is 2.79 bits per heavy atom. The van der Waals surface area contributed by atoms with Crippen molar-refractivity contribution in [2.75, 3.05) is 58.5 Å². The molecule has 2 saturated heterocycles. The number of nitrogens with zero attached hydrogens (tertiary/aromatic N) is 2. The molecule has 0 radical (unpaired) electrons. The van der Waals surface area contributed by atoms with Crippen molar-refractivity contribution >= 4 is 11.8 Å². The molecule has 3 aliphatic rings. The number of ether oxygens (including phenoxy) is 3. The summed E-state index contributed by atoms with van der Waals surface area (Å²) in [6.45, 7) is 5.89. The number of methoxy groups -OCH3 is 1. The Hall–Kier alpha value is -2.55. The molecule has 1 N–H and O–H groups in total. The summed E-state index contributed by atoms with van der Waals surface area (Å²) in [7, 11) is 1.38. The number of rotatable bonds is 9. The van der Waals surface area contributed by atoms with E-state index in [-0.39, 0.29) is 11.8 Å². The number of esters is 1. The largest absolute Gasteiger partial charge is 0.468 e. The lowest BCUT2D eigenvalue weighted by molar-refractivity contribution is -0.147. The number of aryl methyl sites for hydroxylation is 1. The third-order valence-corrected chi connectivity index (χ3v) is 7.47. The van der Waals surface area contributed by atoms with Crippen LogP contribution < -0.4 is 5.32 Å². The Kier molecular flexibility index (Phi) is 11.3. The average Bonchev–Trinajstić information content (AvgIpc) is 3.42. The quantitative estimate of drug-likeness (QED) is 0.365. The zero-order chi connectivity index (χ0) is 26.6. The molecule has 8 heteroatoms. The van der Waals surface area contributed by atoms with Crippen LogP contribution in [0.5, 0.6) is 0 Å². The smallest absolute Gasteiger partial charge is 0.327 e. The van der Waals surface area contributed by atoms with Crippen molar-refractivity contribution in [1.29, 1.82) is 0 Å². The molecule has 0 bridgehead atoms. The third-order valence-electron chi connectivity index (χ3n) is 7.47. The normalized spacial score (nSPS) is 20.0. The summed E-state index contributed by atoms with van der Waals surface area (Å²) in [5, 5.41) is 3.37. The molecule has 2 atom stereocenters. The summed E-state index contributed by atoms with van der Waals surface area (Å²) in [6.07, 6.45) is 8.92. The fourth-order valence-corrected chi connectivity index (χ4v) is 5.34. The fraction of sp³-hybridized carbons (Fsp3) is 0.600. The highest BCUT2D eigenvalue weighted by atomic mass is 19.1. The van der Waals surface area contributed by atoms with Gasteiger partial charge in [-0.2, -0.15) is 0 Å². The van der Waals surface area contributed by atoms with Crippen LogP contribution in [0.1, 0.15) is 61.4 Å². The van der Waals surface area contributed by atoms with Gasteiger partial charge in [-0.15, -0.1) is 0 Å². The van der Waals surface area contributed by atoms with E-state index in [2.05, 4.69) is 22.3 Å². The van der Waals surface area contributed by atoms with Gasteiger partial charge in [-0.1, -0.05) is 18.2 Å². The second-order valence-electron chi connectivity index (χ2n) is 10.3. The molecule has 7 nitrogen and oxygen atoms in total. The molecular weight excluding hydrogens is 485 g/mol. The summed E-state index contributed by atoms with van der Waals surface area (Å²) < 4.78 is 29.7. The number of benzene rings is 1. The summed E-state index contributed by atoms with van der Waals surface area (Å²) >= 11 is 0. The van der Waals surface area contributed by atoms with Crippen molar-refractivity contribution in [3.63, 3.8) is 0 Å². The van der Waals surface area contributed by atoms with Gasteiger partial charge < -0.3 is 19.5 Å². The van der Waals surface area contributed by atoms with Gasteiger partial charge in [0.05, 0.1) is 13.7 Å². The number of aromatic nitrogens is 1. The van der Waals surface area contributed by atoms with E-state index < -0.39 is 6.04 Å². The van der Waals surface area contributed by atoms with E-state index in [4.69, 9.17) is 19.2 Å². The van der Waals surface area contributed by atoms with Gasteiger partial charge in [0.15, 0.2) is 0 Å². The van der Waals surface area contributed by atoms with Gasteiger partial charge in [-0.05, 0) is 86.7 Å². The Balaban J connectivity index is 0.000000494. The molecule has 1 aromatic carbocycles. The van der Waals surface area contributed by atoms with Crippen LogP contribution in [0.4, 0.5) is 10.2 Å². The molecule has 0 saturated carbocycles. The predicted molar refractivity (Wildman–Crippen MR) is 146 cm³/mol. The third kappa shape index (κ3) is 8.48. The highest BCUT2D eigenvalue weighted by Gasteiger charge is 2.34. The molecule has 3 aliphatic heterocycles. The first-order valence-electron chi connectivity index (χ1n) is 14.1. The average molecular weight is 528 g/mol. The van der Waals surface area contributed by atoms with Gasteiger partial charge in [0, 0.05) is 45.0 Å². The Bertz CT molecular complexity index is 1010. The van der Waals surface area contributed by atoms with E-state index in [0.717, 1.165) is 70.0 Å². The maximum absolute atomic E-state index is 13.7. The molecule has 0 aliphatic carbocycles. The van der Waals surface area contributed by atoms with E-state index in [1.54, 1.807) is 12.1 Å². The summed E-state index contributed by atoms with van der Waals surface area (Å²) in [5.74, 6) is 0.782. The molecule has 2 fully saturated rings. The number of carbonyl (C=O) groups excluding carboxylic acids is 1. The second kappa shape index (κ2) is 15.1. The number of pyridine rings is 1. The van der Waals surface area contributed by atoms with Gasteiger partial charge in [0.25, 0.3) is 0 Å². The summed E-state index contributed by atoms with van der Waals surface area (Å²) in [6, 6.07) is 9.93. The van der Waals surface area contributed by atoms with Crippen LogP contribution in [0.25, 0.3) is 0 Å². The molecule has 38 heavy (non-hydrogen) atoms. The molecule has 208 valence electrons. The standard InChI is InChI=1S/C25H32FN3O3.C5H10O/c1-31-25(30)23(20-4-2-6-21(26)16-20)29-13-9-18(17-29)10-14-32-15-11-22-8-7-19-5-3-12-27-24(19)28-22;1-2-4-6-5-3-1/h2,4,6-8,16,18,23H,3,5,9-15,17H2,1H3,(H,27,28);1-5H2. The molecule has 0 spiro atoms. The summed E-state index contributed by atoms with van der Waals surface area (Å²) in [5.41, 5.74) is 3.00. The molecule has 2 unspecified atom stereocenters. The van der Waals surface area contributed by atoms with E-state index in [1.165, 1.54) is 50.5 Å². The van der Waals surface area contributed by atoms with Gasteiger partial charge in [-0.25, -0.2) is 14.2 Å². The van der Waals surface area contributed by atoms with Crippen molar-refractivity contribution in [3.8, 4) is 0 Å². The van der Waals surface area contributed by atoms with Crippen LogP contribution in [0.3, 0.4) is 0 Å². The molecule has 4 heterocycles. The van der Waals surface area contributed by atoms with E-state index in [9.17, 15) is 9.18 Å². The Morgan fingerprint density at radius 1 is 1.18 bits per heavy atom. The van der Waals surface area contributed by atoms with Crippen molar-refractivity contribution in [2.45, 2.75) is 57.4 Å². The van der Waals surface area contributed by atoms with Crippen molar-refractivity contribution in [2.24, 2.45) is 5.92 Å². The van der Waals surface area contributed by atoms with Crippen LogP contribution in [-0.2, 0) is 31.8 Å². The van der Waals surface area contributed by atoms with Crippen molar-refractivity contribution in [3.05, 3.63) is 59.0 Å². The van der Waals surface area contributed by atoms with Crippen LogP contribution in [0, 0.1) is 11.7 Å². The molecular formula is C30H42FN3O4. The number of nitrogens with one attached hydrogen (secondary N) is 1. The summed E-state index contributed by atoms with van der Waals surface area (Å²) in [4.78, 5) is 19.2. The lowest BCUT2D eigenvalue weighted by Crippen LogP contribution is -2.33. The van der Waals surface area contributed by atoms with E-state index >= 15 is 0 Å². The SMILES string of the molecule is C1CCOCC1.COC(=O)C(c1cccc(F)c1)N1CCC(CCOCCc2ccc3c(n2)NCCC3)C1. The minimum absolute atomic E-state index is 0.343. The van der Waals surface area contributed by atoms with Crippen LogP contribution in [0.2, 0.25) is 0 Å². The maximum atomic E-state index is 13.7. The highest BCUT2D eigenvalue weighted by Crippen LogP contribution is 2.30. The first-order chi connectivity index (χ1) is 18.6. The van der Waals surface area contributed by atoms with Crippen molar-refractivity contribution in [1.82, 2.24) is 9.88 Å². The lowest BCUT2D eigenvalue weighted by Gasteiger charge is -2.26. The zero-order valence-electron chi connectivity index (χ0n) is 22.6. The van der Waals surface area contributed by atoms with Gasteiger partial charge in [-0.3, -0.25) is 4.90 Å². The Labute approximate surface area is 226 Å². The minimum atomic E-state index is -0.565. The molecule has 0 amide bonds. The lowest BCUT2D eigenvalue weighted by atomic mass is 10.0. The fourth-order valence-electron chi connectivity index (χ4n) is 5.34. The number of fused-ring (bicyclic) bond motifs is 1. The molecule has 5 rings (SSSR count). The number of anilines is 1. The van der Waals surface area contributed by atoms with Crippen molar-refractivity contribution < 1.29 is 23.4 Å². The highest BCUT2D eigenvalue weighted by molar-refractivity contribution is 5.77. The maximum Gasteiger partial charge on any atom is 0.327 e. The topological polar surface area (TPSA) is 72.9 Å². The predicted octanol–water partition coefficient (Wildman–Crippen LogP) is 4.95. The second-order valence-corrected chi connectivity index (χ2v) is 10.3. The van der Waals surface area contributed by atoms with E-state index in [1.807, 2.05) is 0 Å². The zero-order valence-corrected chi connectivity index (χ0v) is 22.6. The van der Waals surface area contributed by atoms with E-state index in [0.29, 0.717) is 24.7 Å². The molecule has 1 aromatic heterocycles. The van der Waals surface area contributed by atoms with Gasteiger partial charge >= 0.3 is 5.97 Å². The number of hydrogen-bond acceptors (Lipinski definition) is 7. The number of hydrogen-bond donors (Lipinski definition) is 1. The van der Waals surface area contributed by atoms with Crippen LogP contribution >= 0.6 is 0 Å². The first kappa shape index (κ1) is 28.5. The Morgan fingerprint density at radius 2 is 2.05 bits per heavy atom. The number of likely N-dealkylation sites (tertiary alicyclic amines) is 1. The van der Waals surface area contributed by atoms with Gasteiger partial charge in [0.1, 0.15) is 17.7 Å². The number of carbonyl (C=O) groups is 1. The molecule has 2 aromatic rings. The number of halogens is 1. The van der Waals surface area contributed by atoms with Gasteiger partial charge in [0.2, 0.25) is 0 Å². The monoisotopic (exact) mass is 527 g/mol. The van der Waals surface area contributed by atoms with Crippen LogP contribution in [-0.4, -0.2) is 69.0 Å².